The molecule has 0 radical (unpaired) electrons. The van der Waals surface area contributed by atoms with Gasteiger partial charge in [0.05, 0.1) is 0 Å². The third-order valence-corrected chi connectivity index (χ3v) is 3.25. The standard InChI is InChI=1S/C13H12N4OS/c1-2-14-11-7-12(16-8-15-11)19-13-17-9-5-3-4-6-10(9)18-13/h3-8H,2H2,1H3,(H,14,15,16). The molecular weight excluding hydrogens is 260 g/mol. The molecule has 0 aliphatic heterocycles. The van der Waals surface area contributed by atoms with Crippen molar-refractivity contribution in [2.45, 2.75) is 17.2 Å². The molecule has 6 heteroatoms. The molecule has 2 heterocycles. The van der Waals surface area contributed by atoms with Crippen LogP contribution in [0.5, 0.6) is 0 Å². The number of anilines is 1. The first-order valence-corrected chi connectivity index (χ1v) is 6.76. The molecule has 3 rings (SSSR count). The second-order valence-corrected chi connectivity index (χ2v) is 4.79. The zero-order chi connectivity index (χ0) is 13.1. The minimum atomic E-state index is 0.586. The molecule has 3 aromatic rings. The topological polar surface area (TPSA) is 63.8 Å². The number of aromatic nitrogens is 3. The van der Waals surface area contributed by atoms with Gasteiger partial charge in [0.15, 0.2) is 5.58 Å². The van der Waals surface area contributed by atoms with Crippen molar-refractivity contribution in [3.8, 4) is 0 Å². The maximum atomic E-state index is 5.64. The minimum Gasteiger partial charge on any atom is -0.431 e. The number of fused-ring (bicyclic) bond motifs is 1. The van der Waals surface area contributed by atoms with Crippen molar-refractivity contribution in [3.05, 3.63) is 36.7 Å². The van der Waals surface area contributed by atoms with Gasteiger partial charge in [-0.2, -0.15) is 0 Å². The Bertz CT molecular complexity index is 665. The largest absolute Gasteiger partial charge is 0.431 e. The summed E-state index contributed by atoms with van der Waals surface area (Å²) in [6, 6.07) is 9.57. The third kappa shape index (κ3) is 2.68. The minimum absolute atomic E-state index is 0.586. The van der Waals surface area contributed by atoms with Crippen LogP contribution in [0.25, 0.3) is 11.1 Å². The number of nitrogens with zero attached hydrogens (tertiary/aromatic N) is 3. The van der Waals surface area contributed by atoms with E-state index >= 15 is 0 Å². The number of hydrogen-bond donors (Lipinski definition) is 1. The predicted octanol–water partition coefficient (Wildman–Crippen LogP) is 3.20. The van der Waals surface area contributed by atoms with Crippen LogP contribution in [0.2, 0.25) is 0 Å². The number of nitrogens with one attached hydrogen (secondary N) is 1. The van der Waals surface area contributed by atoms with E-state index < -0.39 is 0 Å². The number of para-hydroxylation sites is 2. The summed E-state index contributed by atoms with van der Waals surface area (Å²) in [5.74, 6) is 0.802. The molecule has 0 atom stereocenters. The van der Waals surface area contributed by atoms with Gasteiger partial charge in [0.25, 0.3) is 5.22 Å². The van der Waals surface area contributed by atoms with Gasteiger partial charge < -0.3 is 9.73 Å². The second-order valence-electron chi connectivity index (χ2n) is 3.82. The summed E-state index contributed by atoms with van der Waals surface area (Å²) in [4.78, 5) is 12.7. The summed E-state index contributed by atoms with van der Waals surface area (Å²) < 4.78 is 5.64. The second kappa shape index (κ2) is 5.27. The van der Waals surface area contributed by atoms with Crippen LogP contribution >= 0.6 is 11.8 Å². The molecule has 96 valence electrons. The van der Waals surface area contributed by atoms with Crippen molar-refractivity contribution in [3.63, 3.8) is 0 Å². The first-order chi connectivity index (χ1) is 9.35. The van der Waals surface area contributed by atoms with Gasteiger partial charge in [-0.05, 0) is 30.8 Å². The maximum Gasteiger partial charge on any atom is 0.263 e. The van der Waals surface area contributed by atoms with Gasteiger partial charge in [0.1, 0.15) is 22.7 Å². The predicted molar refractivity (Wildman–Crippen MR) is 74.3 cm³/mol. The van der Waals surface area contributed by atoms with Gasteiger partial charge in [0.2, 0.25) is 0 Å². The van der Waals surface area contributed by atoms with Gasteiger partial charge in [-0.1, -0.05) is 12.1 Å². The summed E-state index contributed by atoms with van der Waals surface area (Å²) in [5, 5.41) is 4.53. The van der Waals surface area contributed by atoms with Gasteiger partial charge in [-0.3, -0.25) is 0 Å². The van der Waals surface area contributed by atoms with E-state index in [1.54, 1.807) is 0 Å². The van der Waals surface area contributed by atoms with E-state index in [0.29, 0.717) is 5.22 Å². The van der Waals surface area contributed by atoms with E-state index in [0.717, 1.165) is 28.5 Å². The number of rotatable bonds is 4. The molecule has 0 spiro atoms. The fourth-order valence-electron chi connectivity index (χ4n) is 1.66. The zero-order valence-corrected chi connectivity index (χ0v) is 11.1. The molecule has 1 N–H and O–H groups in total. The highest BCUT2D eigenvalue weighted by atomic mass is 32.2. The summed E-state index contributed by atoms with van der Waals surface area (Å²) in [6.45, 7) is 2.85. The average Bonchev–Trinajstić information content (AvgIpc) is 2.81. The van der Waals surface area contributed by atoms with Crippen LogP contribution in [-0.4, -0.2) is 21.5 Å². The monoisotopic (exact) mass is 272 g/mol. The van der Waals surface area contributed by atoms with Crippen molar-refractivity contribution in [1.82, 2.24) is 15.0 Å². The molecule has 0 amide bonds. The normalized spacial score (nSPS) is 10.8. The molecular formula is C13H12N4OS. The molecule has 0 fully saturated rings. The smallest absolute Gasteiger partial charge is 0.263 e. The van der Waals surface area contributed by atoms with Crippen LogP contribution in [0.4, 0.5) is 5.82 Å². The Hall–Kier alpha value is -2.08. The van der Waals surface area contributed by atoms with Crippen molar-refractivity contribution >= 4 is 28.7 Å². The molecule has 0 aliphatic rings. The van der Waals surface area contributed by atoms with Crippen LogP contribution in [0.15, 0.2) is 51.3 Å². The van der Waals surface area contributed by atoms with Crippen LogP contribution in [0.1, 0.15) is 6.92 Å². The first kappa shape index (κ1) is 12.0. The van der Waals surface area contributed by atoms with Crippen molar-refractivity contribution in [1.29, 1.82) is 0 Å². The van der Waals surface area contributed by atoms with Gasteiger partial charge in [0, 0.05) is 12.6 Å². The van der Waals surface area contributed by atoms with Crippen LogP contribution in [0, 0.1) is 0 Å². The van der Waals surface area contributed by atoms with E-state index in [-0.39, 0.29) is 0 Å². The average molecular weight is 272 g/mol. The highest BCUT2D eigenvalue weighted by molar-refractivity contribution is 7.99. The quantitative estimate of drug-likeness (QED) is 0.736. The highest BCUT2D eigenvalue weighted by Gasteiger charge is 2.08. The lowest BCUT2D eigenvalue weighted by Gasteiger charge is -2.02. The fourth-order valence-corrected chi connectivity index (χ4v) is 2.38. The van der Waals surface area contributed by atoms with Crippen LogP contribution < -0.4 is 5.32 Å². The van der Waals surface area contributed by atoms with Crippen LogP contribution in [0.3, 0.4) is 0 Å². The van der Waals surface area contributed by atoms with Crippen molar-refractivity contribution < 1.29 is 4.42 Å². The molecule has 19 heavy (non-hydrogen) atoms. The lowest BCUT2D eigenvalue weighted by Crippen LogP contribution is -1.99. The summed E-state index contributed by atoms with van der Waals surface area (Å²) in [5.41, 5.74) is 1.64. The highest BCUT2D eigenvalue weighted by Crippen LogP contribution is 2.28. The Morgan fingerprint density at radius 3 is 3.00 bits per heavy atom. The van der Waals surface area contributed by atoms with E-state index in [4.69, 9.17) is 4.42 Å². The summed E-state index contributed by atoms with van der Waals surface area (Å²) >= 11 is 1.38. The molecule has 1 aromatic carbocycles. The Morgan fingerprint density at radius 2 is 2.16 bits per heavy atom. The third-order valence-electron chi connectivity index (χ3n) is 2.47. The number of oxazole rings is 1. The Morgan fingerprint density at radius 1 is 1.26 bits per heavy atom. The summed E-state index contributed by atoms with van der Waals surface area (Å²) in [6.07, 6.45) is 1.53. The van der Waals surface area contributed by atoms with Gasteiger partial charge >= 0.3 is 0 Å². The zero-order valence-electron chi connectivity index (χ0n) is 10.3. The first-order valence-electron chi connectivity index (χ1n) is 5.94. The number of hydrogen-bond acceptors (Lipinski definition) is 6. The maximum absolute atomic E-state index is 5.64. The van der Waals surface area contributed by atoms with Gasteiger partial charge in [-0.15, -0.1) is 0 Å². The Labute approximate surface area is 114 Å². The fraction of sp³-hybridized carbons (Fsp3) is 0.154. The Balaban J connectivity index is 1.85. The number of benzene rings is 1. The molecule has 5 nitrogen and oxygen atoms in total. The van der Waals surface area contributed by atoms with Crippen LogP contribution in [-0.2, 0) is 0 Å². The lowest BCUT2D eigenvalue weighted by molar-refractivity contribution is 0.489. The van der Waals surface area contributed by atoms with E-state index in [9.17, 15) is 0 Å². The van der Waals surface area contributed by atoms with E-state index in [1.807, 2.05) is 37.3 Å². The van der Waals surface area contributed by atoms with Crippen molar-refractivity contribution in [2.75, 3.05) is 11.9 Å². The van der Waals surface area contributed by atoms with E-state index in [1.165, 1.54) is 18.1 Å². The van der Waals surface area contributed by atoms with E-state index in [2.05, 4.69) is 20.3 Å². The molecule has 2 aromatic heterocycles. The van der Waals surface area contributed by atoms with Crippen molar-refractivity contribution in [2.24, 2.45) is 0 Å². The molecule has 0 bridgehead atoms. The summed E-state index contributed by atoms with van der Waals surface area (Å²) in [7, 11) is 0. The molecule has 0 unspecified atom stereocenters. The Kier molecular flexibility index (Phi) is 3.33. The van der Waals surface area contributed by atoms with Gasteiger partial charge in [-0.25, -0.2) is 15.0 Å². The molecule has 0 aliphatic carbocycles. The molecule has 0 saturated heterocycles. The SMILES string of the molecule is CCNc1cc(Sc2nc3ccccc3o2)ncn1. The molecule has 0 saturated carbocycles. The lowest BCUT2D eigenvalue weighted by atomic mass is 10.3.